The van der Waals surface area contributed by atoms with Crippen molar-refractivity contribution < 1.29 is 19.3 Å². The molecule has 1 unspecified atom stereocenters. The van der Waals surface area contributed by atoms with E-state index in [1.165, 1.54) is 4.68 Å². The van der Waals surface area contributed by atoms with Crippen LogP contribution in [-0.4, -0.2) is 50.8 Å². The van der Waals surface area contributed by atoms with Gasteiger partial charge in [0.2, 0.25) is 0 Å². The highest BCUT2D eigenvalue weighted by Gasteiger charge is 2.51. The first-order chi connectivity index (χ1) is 17.0. The molecule has 2 saturated heterocycles. The Morgan fingerprint density at radius 2 is 2.06 bits per heavy atom. The summed E-state index contributed by atoms with van der Waals surface area (Å²) < 4.78 is 20.4. The number of aryl methyl sites for hydroxylation is 1. The smallest absolute Gasteiger partial charge is 0.184 e. The molecular weight excluding hydrogens is 518 g/mol. The third kappa shape index (κ3) is 4.41. The first-order valence-electron chi connectivity index (χ1n) is 10.8. The van der Waals surface area contributed by atoms with Crippen LogP contribution < -0.4 is 0 Å². The molecule has 12 heteroatoms. The van der Waals surface area contributed by atoms with Gasteiger partial charge in [0.15, 0.2) is 12.1 Å². The summed E-state index contributed by atoms with van der Waals surface area (Å²) in [6.07, 6.45) is -4.37. The maximum atomic E-state index is 11.3. The fraction of sp³-hybridized carbons (Fsp3) is 0.348. The quantitative estimate of drug-likeness (QED) is 0.301. The van der Waals surface area contributed by atoms with Crippen molar-refractivity contribution in [2.45, 2.75) is 43.7 Å². The van der Waals surface area contributed by atoms with Crippen LogP contribution in [0, 0.1) is 18.3 Å². The van der Waals surface area contributed by atoms with Crippen LogP contribution in [0.5, 0.6) is 0 Å². The number of hydrogen-bond donors (Lipinski definition) is 1. The van der Waals surface area contributed by atoms with Crippen molar-refractivity contribution in [2.75, 3.05) is 6.61 Å². The maximum absolute atomic E-state index is 11.3. The van der Waals surface area contributed by atoms with Crippen molar-refractivity contribution in [3.05, 3.63) is 86.2 Å². The molecule has 0 radical (unpaired) electrons. The van der Waals surface area contributed by atoms with Crippen molar-refractivity contribution in [2.24, 2.45) is 5.11 Å². The van der Waals surface area contributed by atoms with Gasteiger partial charge in [-0.05, 0) is 30.7 Å². The second-order valence-corrected chi connectivity index (χ2v) is 9.08. The van der Waals surface area contributed by atoms with Gasteiger partial charge in [0.1, 0.15) is 30.2 Å². The van der Waals surface area contributed by atoms with Gasteiger partial charge in [-0.25, -0.2) is 9.67 Å². The van der Waals surface area contributed by atoms with E-state index in [0.29, 0.717) is 17.1 Å². The number of nitrogens with zero attached hydrogens (tertiary/aromatic N) is 7. The molecular formula is C23H20BrN7O4. The predicted octanol–water partition coefficient (Wildman–Crippen LogP) is 3.80. The molecule has 2 aliphatic rings. The van der Waals surface area contributed by atoms with E-state index < -0.39 is 36.7 Å². The third-order valence-electron chi connectivity index (χ3n) is 5.93. The molecule has 1 N–H and O–H groups in total. The Morgan fingerprint density at radius 3 is 2.80 bits per heavy atom. The Bertz CT molecular complexity index is 1320. The van der Waals surface area contributed by atoms with Gasteiger partial charge < -0.3 is 19.3 Å². The summed E-state index contributed by atoms with van der Waals surface area (Å²) in [5.74, 6) is 0.689. The van der Waals surface area contributed by atoms with Crippen LogP contribution in [-0.2, 0) is 14.2 Å². The fourth-order valence-electron chi connectivity index (χ4n) is 4.37. The molecule has 3 aromatic rings. The zero-order chi connectivity index (χ0) is 24.5. The molecule has 11 nitrogen and oxygen atoms in total. The number of aliphatic hydroxyl groups excluding tert-OH is 1. The van der Waals surface area contributed by atoms with E-state index in [1.807, 2.05) is 30.3 Å². The lowest BCUT2D eigenvalue weighted by Crippen LogP contribution is -2.58. The first-order valence-corrected chi connectivity index (χ1v) is 11.6. The second-order valence-electron chi connectivity index (χ2n) is 8.16. The van der Waals surface area contributed by atoms with Crippen molar-refractivity contribution >= 4 is 15.9 Å². The fourth-order valence-corrected chi connectivity index (χ4v) is 4.71. The summed E-state index contributed by atoms with van der Waals surface area (Å²) in [5, 5.41) is 29.2. The largest absolute Gasteiger partial charge is 0.389 e. The molecule has 6 atom stereocenters. The Kier molecular flexibility index (Phi) is 6.53. The number of aromatic nitrogens is 3. The van der Waals surface area contributed by atoms with Crippen LogP contribution in [0.3, 0.4) is 0 Å². The Morgan fingerprint density at radius 1 is 1.26 bits per heavy atom. The molecule has 178 valence electrons. The summed E-state index contributed by atoms with van der Waals surface area (Å²) in [6, 6.07) is 15.7. The third-order valence-corrected chi connectivity index (χ3v) is 6.43. The summed E-state index contributed by atoms with van der Waals surface area (Å²) in [7, 11) is 0. The van der Waals surface area contributed by atoms with Crippen molar-refractivity contribution in [1.29, 1.82) is 5.26 Å². The molecule has 0 aliphatic carbocycles. The minimum atomic E-state index is -1.29. The lowest BCUT2D eigenvalue weighted by atomic mass is 9.91. The molecule has 5 rings (SSSR count). The number of aliphatic hydroxyl groups is 1. The highest BCUT2D eigenvalue weighted by molar-refractivity contribution is 9.10. The van der Waals surface area contributed by atoms with E-state index in [4.69, 9.17) is 14.2 Å². The van der Waals surface area contributed by atoms with E-state index in [9.17, 15) is 15.9 Å². The normalized spacial score (nSPS) is 27.9. The number of ether oxygens (including phenoxy) is 3. The highest BCUT2D eigenvalue weighted by atomic mass is 79.9. The lowest BCUT2D eigenvalue weighted by molar-refractivity contribution is -0.309. The van der Waals surface area contributed by atoms with Crippen molar-refractivity contribution in [3.8, 4) is 11.8 Å². The number of benzene rings is 2. The highest BCUT2D eigenvalue weighted by Crippen LogP contribution is 2.40. The summed E-state index contributed by atoms with van der Waals surface area (Å²) >= 11 is 3.42. The average Bonchev–Trinajstić information content (AvgIpc) is 3.27. The molecule has 2 aliphatic heterocycles. The molecule has 0 bridgehead atoms. The topological polar surface area (TPSA) is 151 Å². The number of fused-ring (bicyclic) bond motifs is 1. The SMILES string of the molecule is Cc1nc([C@@H]2O[C@@H]3COC(c4ccccc4)O[C@@H]3[C@H](N=[N+]=[N-])[C@H]2O)n(-c2cc(Br)ccc2C#N)n1. The van der Waals surface area contributed by atoms with Gasteiger partial charge in [-0.15, -0.1) is 0 Å². The van der Waals surface area contributed by atoms with E-state index in [1.54, 1.807) is 25.1 Å². The number of hydrogen-bond acceptors (Lipinski definition) is 8. The Labute approximate surface area is 208 Å². The molecule has 0 amide bonds. The minimum Gasteiger partial charge on any atom is -0.389 e. The number of halogens is 1. The van der Waals surface area contributed by atoms with Gasteiger partial charge in [0, 0.05) is 14.9 Å². The lowest BCUT2D eigenvalue weighted by Gasteiger charge is -2.46. The van der Waals surface area contributed by atoms with Gasteiger partial charge in [-0.2, -0.15) is 10.4 Å². The van der Waals surface area contributed by atoms with E-state index in [2.05, 4.69) is 42.1 Å². The zero-order valence-electron chi connectivity index (χ0n) is 18.5. The van der Waals surface area contributed by atoms with Crippen LogP contribution in [0.15, 0.2) is 58.1 Å². The van der Waals surface area contributed by atoms with Crippen molar-refractivity contribution in [1.82, 2.24) is 14.8 Å². The summed E-state index contributed by atoms with van der Waals surface area (Å²) in [4.78, 5) is 7.43. The van der Waals surface area contributed by atoms with Gasteiger partial charge in [-0.3, -0.25) is 0 Å². The van der Waals surface area contributed by atoms with Crippen LogP contribution in [0.25, 0.3) is 16.1 Å². The number of nitriles is 1. The molecule has 3 heterocycles. The van der Waals surface area contributed by atoms with Crippen LogP contribution in [0.4, 0.5) is 0 Å². The van der Waals surface area contributed by atoms with Gasteiger partial charge in [0.05, 0.1) is 30.0 Å². The second kappa shape index (κ2) is 9.75. The molecule has 0 spiro atoms. The van der Waals surface area contributed by atoms with E-state index in [0.717, 1.165) is 10.0 Å². The zero-order valence-corrected chi connectivity index (χ0v) is 20.1. The molecule has 1 aromatic heterocycles. The summed E-state index contributed by atoms with van der Waals surface area (Å²) in [6.45, 7) is 1.85. The van der Waals surface area contributed by atoms with Crippen LogP contribution >= 0.6 is 15.9 Å². The van der Waals surface area contributed by atoms with Gasteiger partial charge in [-0.1, -0.05) is 51.4 Å². The Balaban J connectivity index is 1.51. The molecule has 2 aromatic carbocycles. The van der Waals surface area contributed by atoms with Crippen LogP contribution in [0.1, 0.15) is 35.2 Å². The minimum absolute atomic E-state index is 0.151. The molecule has 35 heavy (non-hydrogen) atoms. The maximum Gasteiger partial charge on any atom is 0.184 e. The first kappa shape index (κ1) is 23.4. The van der Waals surface area contributed by atoms with E-state index >= 15 is 0 Å². The van der Waals surface area contributed by atoms with E-state index in [-0.39, 0.29) is 12.4 Å². The van der Waals surface area contributed by atoms with Crippen LogP contribution in [0.2, 0.25) is 0 Å². The molecule has 2 fully saturated rings. The number of rotatable bonds is 4. The monoisotopic (exact) mass is 537 g/mol. The number of azide groups is 1. The standard InChI is InChI=1S/C23H20BrN7O4/c1-12-27-22(31(29-12)16-9-15(24)8-7-14(16)10-25)21-19(32)18(28-30-26)20-17(34-21)11-33-23(35-20)13-5-3-2-4-6-13/h2-9,17-21,23,32H,11H2,1H3/t17-,18-,19-,20+,21-,23?/m1/s1. The predicted molar refractivity (Wildman–Crippen MR) is 125 cm³/mol. The average molecular weight is 538 g/mol. The molecule has 0 saturated carbocycles. The Hall–Kier alpha value is -3.30. The van der Waals surface area contributed by atoms with Crippen molar-refractivity contribution in [3.63, 3.8) is 0 Å². The van der Waals surface area contributed by atoms with Gasteiger partial charge >= 0.3 is 0 Å². The van der Waals surface area contributed by atoms with Gasteiger partial charge in [0.25, 0.3) is 0 Å². The summed E-state index contributed by atoms with van der Waals surface area (Å²) in [5.41, 5.74) is 10.9.